The fourth-order valence-corrected chi connectivity index (χ4v) is 6.11. The first-order valence-electron chi connectivity index (χ1n) is 11.1. The summed E-state index contributed by atoms with van der Waals surface area (Å²) >= 11 is 0. The number of ether oxygens (including phenoxy) is 2. The molecule has 1 amide bonds. The number of nitrogens with one attached hydrogen (secondary N) is 1. The van der Waals surface area contributed by atoms with E-state index in [9.17, 15) is 13.2 Å². The third kappa shape index (κ3) is 4.07. The summed E-state index contributed by atoms with van der Waals surface area (Å²) in [6.45, 7) is 3.97. The molecule has 8 nitrogen and oxygen atoms in total. The van der Waals surface area contributed by atoms with Crippen LogP contribution in [-0.4, -0.2) is 71.1 Å². The molecule has 32 heavy (non-hydrogen) atoms. The number of nitrogens with zero attached hydrogens (tertiary/aromatic N) is 2. The number of amides is 1. The normalized spacial score (nSPS) is 19.4. The highest BCUT2D eigenvalue weighted by Gasteiger charge is 2.33. The van der Waals surface area contributed by atoms with Gasteiger partial charge in [-0.15, -0.1) is 0 Å². The number of hydrogen-bond acceptors (Lipinski definition) is 5. The molecule has 170 valence electrons. The number of aryl methyl sites for hydroxylation is 1. The smallest absolute Gasteiger partial charge is 0.282 e. The van der Waals surface area contributed by atoms with Crippen LogP contribution in [0.15, 0.2) is 47.4 Å². The maximum absolute atomic E-state index is 13.1. The Labute approximate surface area is 188 Å². The lowest BCUT2D eigenvalue weighted by Crippen LogP contribution is -3.15. The summed E-state index contributed by atoms with van der Waals surface area (Å²) in [6, 6.07) is 12.8. The molecule has 0 aliphatic carbocycles. The van der Waals surface area contributed by atoms with E-state index in [1.807, 2.05) is 23.1 Å². The van der Waals surface area contributed by atoms with Gasteiger partial charge in [-0.3, -0.25) is 4.79 Å². The maximum atomic E-state index is 13.1. The molecule has 3 heterocycles. The van der Waals surface area contributed by atoms with Gasteiger partial charge in [-0.1, -0.05) is 18.2 Å². The van der Waals surface area contributed by atoms with E-state index in [4.69, 9.17) is 9.47 Å². The summed E-state index contributed by atoms with van der Waals surface area (Å²) < 4.78 is 38.8. The highest BCUT2D eigenvalue weighted by Crippen LogP contribution is 2.33. The zero-order valence-corrected chi connectivity index (χ0v) is 18.8. The number of fused-ring (bicyclic) bond motifs is 2. The van der Waals surface area contributed by atoms with Gasteiger partial charge in [-0.05, 0) is 36.6 Å². The fourth-order valence-electron chi connectivity index (χ4n) is 4.65. The third-order valence-electron chi connectivity index (χ3n) is 6.39. The van der Waals surface area contributed by atoms with E-state index in [1.54, 1.807) is 18.2 Å². The zero-order chi connectivity index (χ0) is 22.1. The minimum atomic E-state index is -3.62. The average molecular weight is 459 g/mol. The Morgan fingerprint density at radius 1 is 0.969 bits per heavy atom. The Morgan fingerprint density at radius 2 is 1.72 bits per heavy atom. The second-order valence-electron chi connectivity index (χ2n) is 8.41. The molecule has 0 aromatic heterocycles. The van der Waals surface area contributed by atoms with Crippen LogP contribution in [0.1, 0.15) is 12.0 Å². The van der Waals surface area contributed by atoms with Crippen molar-refractivity contribution in [3.05, 3.63) is 48.0 Å². The second kappa shape index (κ2) is 8.73. The molecule has 3 aliphatic rings. The van der Waals surface area contributed by atoms with E-state index in [-0.39, 0.29) is 10.8 Å². The number of carbonyl (C=O) groups is 1. The van der Waals surface area contributed by atoms with E-state index in [0.29, 0.717) is 57.4 Å². The van der Waals surface area contributed by atoms with E-state index in [2.05, 4.69) is 6.07 Å². The lowest BCUT2D eigenvalue weighted by Gasteiger charge is -2.34. The van der Waals surface area contributed by atoms with Crippen molar-refractivity contribution in [2.45, 2.75) is 17.7 Å². The number of quaternary nitrogens is 1. The van der Waals surface area contributed by atoms with Gasteiger partial charge in [0.15, 0.2) is 18.0 Å². The van der Waals surface area contributed by atoms with Crippen LogP contribution in [0.25, 0.3) is 0 Å². The van der Waals surface area contributed by atoms with Crippen LogP contribution in [-0.2, 0) is 21.2 Å². The molecule has 0 unspecified atom stereocenters. The van der Waals surface area contributed by atoms with Crippen LogP contribution in [0.3, 0.4) is 0 Å². The largest absolute Gasteiger partial charge is 0.486 e. The second-order valence-corrected chi connectivity index (χ2v) is 10.4. The SMILES string of the molecule is O=C(C[NH+]1CCN(S(=O)(=O)c2ccc3c(c2)OCCO3)CC1)N1CCCc2ccccc21. The van der Waals surface area contributed by atoms with Crippen LogP contribution in [0.2, 0.25) is 0 Å². The van der Waals surface area contributed by atoms with E-state index < -0.39 is 10.0 Å². The summed E-state index contributed by atoms with van der Waals surface area (Å²) in [4.78, 5) is 16.2. The lowest BCUT2D eigenvalue weighted by atomic mass is 10.0. The molecule has 0 atom stereocenters. The van der Waals surface area contributed by atoms with Crippen LogP contribution < -0.4 is 19.3 Å². The fraction of sp³-hybridized carbons (Fsp3) is 0.435. The number of anilines is 1. The number of carbonyl (C=O) groups excluding carboxylic acids is 1. The Hall–Kier alpha value is -2.62. The van der Waals surface area contributed by atoms with Crippen molar-refractivity contribution in [3.8, 4) is 11.5 Å². The molecule has 1 fully saturated rings. The number of sulfonamides is 1. The Bertz CT molecular complexity index is 1110. The predicted octanol–water partition coefficient (Wildman–Crippen LogP) is 0.326. The van der Waals surface area contributed by atoms with Crippen LogP contribution in [0, 0.1) is 0 Å². The van der Waals surface area contributed by atoms with Crippen molar-refractivity contribution in [2.75, 3.05) is 57.4 Å². The lowest BCUT2D eigenvalue weighted by molar-refractivity contribution is -0.895. The van der Waals surface area contributed by atoms with Gasteiger partial charge in [-0.2, -0.15) is 4.31 Å². The molecule has 1 N–H and O–H groups in total. The molecule has 3 aliphatic heterocycles. The molecule has 2 aromatic rings. The summed E-state index contributed by atoms with van der Waals surface area (Å²) in [5, 5.41) is 0. The van der Waals surface area contributed by atoms with Gasteiger partial charge < -0.3 is 19.3 Å². The van der Waals surface area contributed by atoms with Crippen molar-refractivity contribution in [1.82, 2.24) is 4.31 Å². The molecule has 0 spiro atoms. The average Bonchev–Trinajstić information content (AvgIpc) is 2.83. The van der Waals surface area contributed by atoms with Gasteiger partial charge >= 0.3 is 0 Å². The third-order valence-corrected chi connectivity index (χ3v) is 8.29. The van der Waals surface area contributed by atoms with Crippen LogP contribution >= 0.6 is 0 Å². The predicted molar refractivity (Wildman–Crippen MR) is 119 cm³/mol. The first-order valence-corrected chi connectivity index (χ1v) is 12.6. The van der Waals surface area contributed by atoms with E-state index in [0.717, 1.165) is 30.0 Å². The molecule has 0 saturated carbocycles. The minimum Gasteiger partial charge on any atom is -0.486 e. The summed E-state index contributed by atoms with van der Waals surface area (Å²) in [5.41, 5.74) is 2.24. The number of piperazine rings is 1. The minimum absolute atomic E-state index is 0.107. The number of para-hydroxylation sites is 1. The van der Waals surface area contributed by atoms with Crippen LogP contribution in [0.4, 0.5) is 5.69 Å². The van der Waals surface area contributed by atoms with Crippen molar-refractivity contribution in [1.29, 1.82) is 0 Å². The Balaban J connectivity index is 1.21. The summed E-state index contributed by atoms with van der Waals surface area (Å²) in [5.74, 6) is 1.14. The first kappa shape index (κ1) is 21.2. The van der Waals surface area contributed by atoms with Gasteiger partial charge in [0, 0.05) is 18.3 Å². The van der Waals surface area contributed by atoms with Gasteiger partial charge in [0.2, 0.25) is 10.0 Å². The number of benzene rings is 2. The van der Waals surface area contributed by atoms with E-state index >= 15 is 0 Å². The topological polar surface area (TPSA) is 80.6 Å². The van der Waals surface area contributed by atoms with Crippen LogP contribution in [0.5, 0.6) is 11.5 Å². The monoisotopic (exact) mass is 458 g/mol. The van der Waals surface area contributed by atoms with Gasteiger partial charge in [0.1, 0.15) is 13.2 Å². The highest BCUT2D eigenvalue weighted by molar-refractivity contribution is 7.89. The summed E-state index contributed by atoms with van der Waals surface area (Å²) in [6.07, 6.45) is 1.98. The maximum Gasteiger partial charge on any atom is 0.282 e. The molecule has 9 heteroatoms. The first-order chi connectivity index (χ1) is 15.5. The number of hydrogen-bond donors (Lipinski definition) is 1. The van der Waals surface area contributed by atoms with Crippen molar-refractivity contribution < 1.29 is 27.6 Å². The van der Waals surface area contributed by atoms with Crippen molar-refractivity contribution in [3.63, 3.8) is 0 Å². The standard InChI is InChI=1S/C23H27N3O5S/c27-23(26-9-3-5-18-4-1-2-6-20(18)26)17-24-10-12-25(13-11-24)32(28,29)19-7-8-21-22(16-19)31-15-14-30-21/h1-2,4,6-8,16H,3,5,9-15,17H2/p+1. The van der Waals surface area contributed by atoms with Crippen molar-refractivity contribution in [2.24, 2.45) is 0 Å². The molecular weight excluding hydrogens is 430 g/mol. The van der Waals surface area contributed by atoms with Gasteiger partial charge in [0.05, 0.1) is 31.1 Å². The molecule has 2 aromatic carbocycles. The Morgan fingerprint density at radius 3 is 2.53 bits per heavy atom. The molecule has 5 rings (SSSR count). The molecule has 0 radical (unpaired) electrons. The quantitative estimate of drug-likeness (QED) is 0.714. The van der Waals surface area contributed by atoms with Gasteiger partial charge in [-0.25, -0.2) is 8.42 Å². The molecule has 1 saturated heterocycles. The molecule has 0 bridgehead atoms. The van der Waals surface area contributed by atoms with E-state index in [1.165, 1.54) is 9.87 Å². The number of rotatable bonds is 4. The molecular formula is C23H28N3O5S+. The zero-order valence-electron chi connectivity index (χ0n) is 18.0. The Kier molecular flexibility index (Phi) is 5.79. The highest BCUT2D eigenvalue weighted by atomic mass is 32.2. The van der Waals surface area contributed by atoms with Crippen molar-refractivity contribution >= 4 is 21.6 Å². The van der Waals surface area contributed by atoms with Gasteiger partial charge in [0.25, 0.3) is 5.91 Å². The summed E-state index contributed by atoms with van der Waals surface area (Å²) in [7, 11) is -3.62.